The van der Waals surface area contributed by atoms with Gasteiger partial charge in [0.05, 0.1) is 16.9 Å². The maximum Gasteiger partial charge on any atom is 0.258 e. The van der Waals surface area contributed by atoms with Crippen molar-refractivity contribution in [3.05, 3.63) is 42.2 Å². The van der Waals surface area contributed by atoms with Crippen LogP contribution in [0.25, 0.3) is 0 Å². The van der Waals surface area contributed by atoms with Gasteiger partial charge < -0.3 is 11.1 Å². The number of nitrogen functional groups attached to an aromatic ring is 1. The van der Waals surface area contributed by atoms with Gasteiger partial charge in [0, 0.05) is 12.4 Å². The van der Waals surface area contributed by atoms with Gasteiger partial charge in [-0.25, -0.2) is 9.97 Å². The van der Waals surface area contributed by atoms with Gasteiger partial charge in [-0.15, -0.1) is 0 Å². The number of nitrogens with two attached hydrogens (primary N) is 1. The summed E-state index contributed by atoms with van der Waals surface area (Å²) in [7, 11) is 2.36. The molecule has 0 fully saturated rings. The topological polar surface area (TPSA) is 80.9 Å². The highest BCUT2D eigenvalue weighted by atomic mass is 31.0. The Morgan fingerprint density at radius 1 is 1.24 bits per heavy atom. The number of benzene rings is 1. The summed E-state index contributed by atoms with van der Waals surface area (Å²) in [5.41, 5.74) is 7.75. The Hall–Kier alpha value is -2.00. The summed E-state index contributed by atoms with van der Waals surface area (Å²) in [6.07, 6.45) is 2.92. The van der Waals surface area contributed by atoms with E-state index in [-0.39, 0.29) is 5.91 Å². The van der Waals surface area contributed by atoms with Crippen LogP contribution in [0.3, 0.4) is 0 Å². The van der Waals surface area contributed by atoms with Crippen molar-refractivity contribution in [2.24, 2.45) is 0 Å². The van der Waals surface area contributed by atoms with Crippen molar-refractivity contribution in [1.82, 2.24) is 9.97 Å². The molecular weight excluding hydrogens is 235 g/mol. The lowest BCUT2D eigenvalue weighted by molar-refractivity contribution is 0.102. The van der Waals surface area contributed by atoms with Gasteiger partial charge in [-0.05, 0) is 12.1 Å². The number of hydrogen-bond acceptors (Lipinski definition) is 4. The Kier molecular flexibility index (Phi) is 3.30. The summed E-state index contributed by atoms with van der Waals surface area (Å²) in [6, 6.07) is 7.06. The Balaban J connectivity index is 2.17. The highest BCUT2D eigenvalue weighted by Crippen LogP contribution is 2.17. The van der Waals surface area contributed by atoms with Gasteiger partial charge in [0.15, 0.2) is 0 Å². The summed E-state index contributed by atoms with van der Waals surface area (Å²) in [5, 5.41) is 2.70. The molecule has 2 rings (SSSR count). The third-order valence-electron chi connectivity index (χ3n) is 2.14. The first kappa shape index (κ1) is 11.5. The van der Waals surface area contributed by atoms with E-state index in [4.69, 9.17) is 5.73 Å². The summed E-state index contributed by atoms with van der Waals surface area (Å²) >= 11 is 0. The smallest absolute Gasteiger partial charge is 0.258 e. The Bertz CT molecular complexity index is 541. The zero-order chi connectivity index (χ0) is 12.3. The number of carbonyl (C=O) groups is 1. The van der Waals surface area contributed by atoms with Gasteiger partial charge >= 0.3 is 0 Å². The number of anilines is 2. The number of hydrogen-bond donors (Lipinski definition) is 2. The van der Waals surface area contributed by atoms with E-state index >= 15 is 0 Å². The number of rotatable bonds is 2. The van der Waals surface area contributed by atoms with Gasteiger partial charge in [-0.3, -0.25) is 4.79 Å². The molecule has 0 bridgehead atoms. The van der Waals surface area contributed by atoms with Crippen LogP contribution < -0.4 is 16.6 Å². The van der Waals surface area contributed by atoms with Crippen LogP contribution in [0.1, 0.15) is 10.4 Å². The number of nitrogens with zero attached hydrogens (tertiary/aromatic N) is 2. The van der Waals surface area contributed by atoms with Gasteiger partial charge in [0.25, 0.3) is 5.91 Å². The molecule has 86 valence electrons. The first-order valence-corrected chi connectivity index (χ1v) is 5.48. The van der Waals surface area contributed by atoms with Gasteiger partial charge in [-0.2, -0.15) is 0 Å². The second kappa shape index (κ2) is 4.89. The lowest BCUT2D eigenvalue weighted by Gasteiger charge is -2.07. The quantitative estimate of drug-likeness (QED) is 0.607. The number of amides is 1. The molecule has 0 saturated carbocycles. The van der Waals surface area contributed by atoms with E-state index in [0.717, 1.165) is 0 Å². The minimum absolute atomic E-state index is 0.284. The van der Waals surface area contributed by atoms with Crippen LogP contribution in [-0.4, -0.2) is 15.9 Å². The molecule has 0 aliphatic carbocycles. The van der Waals surface area contributed by atoms with Crippen LogP contribution in [-0.2, 0) is 0 Å². The predicted octanol–water partition coefficient (Wildman–Crippen LogP) is 0.811. The SMILES string of the molecule is Nc1ccccc1NC(=O)c1cnc(P)nc1. The molecule has 0 aliphatic heterocycles. The molecule has 1 atom stereocenters. The van der Waals surface area contributed by atoms with Crippen LogP contribution in [0.2, 0.25) is 0 Å². The lowest BCUT2D eigenvalue weighted by Crippen LogP contribution is -2.15. The van der Waals surface area contributed by atoms with E-state index in [0.29, 0.717) is 22.5 Å². The normalized spacial score (nSPS) is 9.94. The molecule has 3 N–H and O–H groups in total. The van der Waals surface area contributed by atoms with Gasteiger partial charge in [0.1, 0.15) is 5.57 Å². The van der Waals surface area contributed by atoms with E-state index < -0.39 is 0 Å². The molecule has 2 aromatic rings. The molecular formula is C11H11N4OP. The van der Waals surface area contributed by atoms with Crippen LogP contribution >= 0.6 is 9.24 Å². The lowest BCUT2D eigenvalue weighted by atomic mass is 10.2. The standard InChI is InChI=1S/C11H11N4OP/c12-8-3-1-2-4-9(8)15-10(16)7-5-13-11(17)14-6-7/h1-6H,12,17H2,(H,15,16). The molecule has 0 aliphatic rings. The van der Waals surface area contributed by atoms with Gasteiger partial charge in [0.2, 0.25) is 0 Å². The summed E-state index contributed by atoms with van der Waals surface area (Å²) < 4.78 is 0. The molecule has 5 nitrogen and oxygen atoms in total. The second-order valence-electron chi connectivity index (χ2n) is 3.37. The molecule has 1 heterocycles. The third kappa shape index (κ3) is 2.77. The van der Waals surface area contributed by atoms with Crippen LogP contribution in [0.4, 0.5) is 11.4 Å². The minimum atomic E-state index is -0.284. The fourth-order valence-corrected chi connectivity index (χ4v) is 1.41. The maximum atomic E-state index is 11.8. The molecule has 0 radical (unpaired) electrons. The second-order valence-corrected chi connectivity index (χ2v) is 3.89. The molecule has 1 amide bonds. The molecule has 1 unspecified atom stereocenters. The number of aromatic nitrogens is 2. The predicted molar refractivity (Wildman–Crippen MR) is 70.2 cm³/mol. The van der Waals surface area contributed by atoms with Crippen LogP contribution in [0, 0.1) is 0 Å². The summed E-state index contributed by atoms with van der Waals surface area (Å²) in [4.78, 5) is 19.7. The van der Waals surface area contributed by atoms with Crippen molar-refractivity contribution in [3.8, 4) is 0 Å². The maximum absolute atomic E-state index is 11.8. The third-order valence-corrected chi connectivity index (χ3v) is 2.44. The Labute approximate surface area is 101 Å². The number of carbonyl (C=O) groups excluding carboxylic acids is 1. The van der Waals surface area contributed by atoms with Gasteiger partial charge in [-0.1, -0.05) is 21.4 Å². The molecule has 1 aromatic carbocycles. The average Bonchev–Trinajstić information content (AvgIpc) is 2.33. The van der Waals surface area contributed by atoms with E-state index in [9.17, 15) is 4.79 Å². The summed E-state index contributed by atoms with van der Waals surface area (Å²) in [5.74, 6) is -0.284. The molecule has 6 heteroatoms. The zero-order valence-electron chi connectivity index (χ0n) is 8.92. The summed E-state index contributed by atoms with van der Waals surface area (Å²) in [6.45, 7) is 0. The molecule has 0 spiro atoms. The highest BCUT2D eigenvalue weighted by Gasteiger charge is 2.08. The van der Waals surface area contributed by atoms with Crippen LogP contribution in [0.15, 0.2) is 36.7 Å². The van der Waals surface area contributed by atoms with Crippen molar-refractivity contribution in [3.63, 3.8) is 0 Å². The number of para-hydroxylation sites is 2. The van der Waals surface area contributed by atoms with E-state index in [1.807, 2.05) is 0 Å². The molecule has 17 heavy (non-hydrogen) atoms. The van der Waals surface area contributed by atoms with E-state index in [1.165, 1.54) is 12.4 Å². The first-order chi connectivity index (χ1) is 8.16. The average molecular weight is 246 g/mol. The van der Waals surface area contributed by atoms with Crippen molar-refractivity contribution in [2.45, 2.75) is 0 Å². The number of nitrogens with one attached hydrogen (secondary N) is 1. The fraction of sp³-hybridized carbons (Fsp3) is 0. The van der Waals surface area contributed by atoms with Crippen LogP contribution in [0.5, 0.6) is 0 Å². The largest absolute Gasteiger partial charge is 0.397 e. The monoisotopic (exact) mass is 246 g/mol. The van der Waals surface area contributed by atoms with Crippen molar-refractivity contribution < 1.29 is 4.79 Å². The minimum Gasteiger partial charge on any atom is -0.397 e. The first-order valence-electron chi connectivity index (χ1n) is 4.90. The van der Waals surface area contributed by atoms with Crippen molar-refractivity contribution >= 4 is 32.1 Å². The van der Waals surface area contributed by atoms with E-state index in [2.05, 4.69) is 24.5 Å². The Morgan fingerprint density at radius 2 is 1.88 bits per heavy atom. The van der Waals surface area contributed by atoms with E-state index in [1.54, 1.807) is 24.3 Å². The highest BCUT2D eigenvalue weighted by molar-refractivity contribution is 7.26. The molecule has 1 aromatic heterocycles. The zero-order valence-corrected chi connectivity index (χ0v) is 10.1. The molecule has 0 saturated heterocycles. The fourth-order valence-electron chi connectivity index (χ4n) is 1.26. The Morgan fingerprint density at radius 3 is 2.53 bits per heavy atom. The van der Waals surface area contributed by atoms with Crippen molar-refractivity contribution in [2.75, 3.05) is 11.1 Å². The van der Waals surface area contributed by atoms with Crippen molar-refractivity contribution in [1.29, 1.82) is 0 Å².